The number of aromatic amines is 1. The molecule has 1 aromatic heterocycles. The molecule has 0 atom stereocenters. The molecule has 0 radical (unpaired) electrons. The van der Waals surface area contributed by atoms with Gasteiger partial charge in [-0.1, -0.05) is 12.1 Å². The number of aromatic nitrogens is 1. The molecule has 2 rings (SSSR count). The Morgan fingerprint density at radius 1 is 1.44 bits per heavy atom. The van der Waals surface area contributed by atoms with Crippen LogP contribution in [0.15, 0.2) is 23.0 Å². The van der Waals surface area contributed by atoms with Crippen LogP contribution in [0.5, 0.6) is 5.75 Å². The van der Waals surface area contributed by atoms with Crippen molar-refractivity contribution in [3.05, 3.63) is 39.7 Å². The molecule has 1 heterocycles. The number of nitrogens with one attached hydrogen (secondary N) is 1. The molecular formula is C12H11NO5. The van der Waals surface area contributed by atoms with Crippen molar-refractivity contribution in [2.24, 2.45) is 0 Å². The van der Waals surface area contributed by atoms with E-state index in [0.717, 1.165) is 0 Å². The van der Waals surface area contributed by atoms with Gasteiger partial charge in [-0.25, -0.2) is 4.79 Å². The standard InChI is InChI=1S/C12H11NO5/c1-18-5-6-3-2-4-7-8(6)10(14)9(12(16)17)11(15)13-7/h2-4H,5H2,1H3,(H,16,17)(H2,13,14,15). The molecule has 3 N–H and O–H groups in total. The number of aromatic carboxylic acids is 1. The fourth-order valence-corrected chi connectivity index (χ4v) is 1.88. The Morgan fingerprint density at radius 2 is 2.17 bits per heavy atom. The molecule has 0 unspecified atom stereocenters. The van der Waals surface area contributed by atoms with Gasteiger partial charge in [-0.05, 0) is 11.6 Å². The van der Waals surface area contributed by atoms with Gasteiger partial charge in [-0.15, -0.1) is 0 Å². The third kappa shape index (κ3) is 1.82. The molecule has 0 amide bonds. The summed E-state index contributed by atoms with van der Waals surface area (Å²) < 4.78 is 4.97. The number of carbonyl (C=O) groups is 1. The lowest BCUT2D eigenvalue weighted by molar-refractivity contribution is 0.0692. The van der Waals surface area contributed by atoms with Crippen LogP contribution >= 0.6 is 0 Å². The van der Waals surface area contributed by atoms with E-state index < -0.39 is 22.8 Å². The smallest absolute Gasteiger partial charge is 0.345 e. The van der Waals surface area contributed by atoms with Crippen LogP contribution in [0, 0.1) is 0 Å². The molecule has 1 aromatic carbocycles. The van der Waals surface area contributed by atoms with E-state index in [0.29, 0.717) is 11.1 Å². The number of fused-ring (bicyclic) bond motifs is 1. The van der Waals surface area contributed by atoms with Crippen molar-refractivity contribution in [3.8, 4) is 5.75 Å². The highest BCUT2D eigenvalue weighted by atomic mass is 16.5. The maximum atomic E-state index is 11.5. The molecule has 0 aliphatic carbocycles. The van der Waals surface area contributed by atoms with E-state index in [9.17, 15) is 14.7 Å². The van der Waals surface area contributed by atoms with Gasteiger partial charge in [0, 0.05) is 12.5 Å². The van der Waals surface area contributed by atoms with Crippen molar-refractivity contribution in [2.75, 3.05) is 7.11 Å². The maximum Gasteiger partial charge on any atom is 0.345 e. The average molecular weight is 249 g/mol. The van der Waals surface area contributed by atoms with Crippen molar-refractivity contribution >= 4 is 16.9 Å². The Bertz CT molecular complexity index is 674. The van der Waals surface area contributed by atoms with Crippen LogP contribution in [-0.2, 0) is 11.3 Å². The van der Waals surface area contributed by atoms with Crippen molar-refractivity contribution in [3.63, 3.8) is 0 Å². The zero-order valence-electron chi connectivity index (χ0n) is 9.56. The first-order chi connectivity index (χ1) is 8.56. The van der Waals surface area contributed by atoms with Crippen LogP contribution < -0.4 is 5.56 Å². The number of ether oxygens (including phenoxy) is 1. The summed E-state index contributed by atoms with van der Waals surface area (Å²) in [6, 6.07) is 4.96. The first-order valence-corrected chi connectivity index (χ1v) is 5.15. The van der Waals surface area contributed by atoms with Crippen LogP contribution in [0.25, 0.3) is 10.9 Å². The fraction of sp³-hybridized carbons (Fsp3) is 0.167. The number of hydrogen-bond donors (Lipinski definition) is 3. The summed E-state index contributed by atoms with van der Waals surface area (Å²) in [6.45, 7) is 0.204. The maximum absolute atomic E-state index is 11.5. The van der Waals surface area contributed by atoms with E-state index >= 15 is 0 Å². The van der Waals surface area contributed by atoms with E-state index in [1.54, 1.807) is 18.2 Å². The summed E-state index contributed by atoms with van der Waals surface area (Å²) in [5.74, 6) is -2.00. The minimum atomic E-state index is -1.47. The number of H-pyrrole nitrogens is 1. The molecule has 6 heteroatoms. The highest BCUT2D eigenvalue weighted by Crippen LogP contribution is 2.28. The van der Waals surface area contributed by atoms with Gasteiger partial charge >= 0.3 is 5.97 Å². The average Bonchev–Trinajstić information content (AvgIpc) is 2.28. The Labute approximate surface area is 101 Å². The second kappa shape index (κ2) is 4.50. The van der Waals surface area contributed by atoms with Gasteiger partial charge < -0.3 is 19.9 Å². The van der Waals surface area contributed by atoms with Crippen LogP contribution in [0.1, 0.15) is 15.9 Å². The Balaban J connectivity index is 2.89. The summed E-state index contributed by atoms with van der Waals surface area (Å²) in [6.07, 6.45) is 0. The first kappa shape index (κ1) is 12.1. The quantitative estimate of drug-likeness (QED) is 0.755. The molecule has 0 saturated heterocycles. The number of hydrogen-bond acceptors (Lipinski definition) is 4. The minimum Gasteiger partial charge on any atom is -0.506 e. The zero-order chi connectivity index (χ0) is 13.3. The largest absolute Gasteiger partial charge is 0.506 e. The highest BCUT2D eigenvalue weighted by Gasteiger charge is 2.19. The summed E-state index contributed by atoms with van der Waals surface area (Å²) in [5, 5.41) is 19.2. The Morgan fingerprint density at radius 3 is 2.78 bits per heavy atom. The third-order valence-corrected chi connectivity index (χ3v) is 2.61. The zero-order valence-corrected chi connectivity index (χ0v) is 9.56. The van der Waals surface area contributed by atoms with Crippen LogP contribution in [0.2, 0.25) is 0 Å². The van der Waals surface area contributed by atoms with Crippen molar-refractivity contribution in [2.45, 2.75) is 6.61 Å². The minimum absolute atomic E-state index is 0.204. The summed E-state index contributed by atoms with van der Waals surface area (Å²) in [5.41, 5.74) is -0.517. The number of rotatable bonds is 3. The fourth-order valence-electron chi connectivity index (χ4n) is 1.88. The number of carboxylic acid groups (broad SMARTS) is 1. The first-order valence-electron chi connectivity index (χ1n) is 5.15. The van der Waals surface area contributed by atoms with Crippen LogP contribution in [0.4, 0.5) is 0 Å². The lowest BCUT2D eigenvalue weighted by atomic mass is 10.1. The predicted molar refractivity (Wildman–Crippen MR) is 63.9 cm³/mol. The van der Waals surface area contributed by atoms with Gasteiger partial charge in [-0.2, -0.15) is 0 Å². The van der Waals surface area contributed by atoms with Crippen molar-refractivity contribution in [1.29, 1.82) is 0 Å². The summed E-state index contributed by atoms with van der Waals surface area (Å²) >= 11 is 0. The second-order valence-corrected chi connectivity index (χ2v) is 3.76. The van der Waals surface area contributed by atoms with Crippen LogP contribution in [-0.4, -0.2) is 28.3 Å². The summed E-state index contributed by atoms with van der Waals surface area (Å²) in [7, 11) is 1.49. The highest BCUT2D eigenvalue weighted by molar-refractivity contribution is 5.99. The second-order valence-electron chi connectivity index (χ2n) is 3.76. The van der Waals surface area contributed by atoms with E-state index in [4.69, 9.17) is 9.84 Å². The molecule has 0 fully saturated rings. The topological polar surface area (TPSA) is 99.6 Å². The molecule has 94 valence electrons. The van der Waals surface area contributed by atoms with Gasteiger partial charge in [-0.3, -0.25) is 4.79 Å². The van der Waals surface area contributed by atoms with Gasteiger partial charge in [0.15, 0.2) is 5.56 Å². The van der Waals surface area contributed by atoms with Gasteiger partial charge in [0.1, 0.15) is 5.75 Å². The normalized spacial score (nSPS) is 10.7. The number of pyridine rings is 1. The summed E-state index contributed by atoms with van der Waals surface area (Å²) in [4.78, 5) is 24.9. The molecule has 6 nitrogen and oxygen atoms in total. The van der Waals surface area contributed by atoms with Crippen LogP contribution in [0.3, 0.4) is 0 Å². The number of methoxy groups -OCH3 is 1. The Hall–Kier alpha value is -2.34. The lowest BCUT2D eigenvalue weighted by Gasteiger charge is -2.09. The molecule has 0 aliphatic rings. The number of carboxylic acids is 1. The monoisotopic (exact) mass is 249 g/mol. The molecular weight excluding hydrogens is 238 g/mol. The van der Waals surface area contributed by atoms with Crippen molar-refractivity contribution < 1.29 is 19.7 Å². The molecule has 2 aromatic rings. The molecule has 0 bridgehead atoms. The SMILES string of the molecule is COCc1cccc2[nH]c(=O)c(C(=O)O)c(O)c12. The predicted octanol–water partition coefficient (Wildman–Crippen LogP) is 1.08. The van der Waals surface area contributed by atoms with E-state index in [1.807, 2.05) is 0 Å². The molecule has 0 spiro atoms. The van der Waals surface area contributed by atoms with Crippen molar-refractivity contribution in [1.82, 2.24) is 4.98 Å². The molecule has 0 saturated carbocycles. The van der Waals surface area contributed by atoms with Gasteiger partial charge in [0.25, 0.3) is 5.56 Å². The van der Waals surface area contributed by atoms with E-state index in [1.165, 1.54) is 7.11 Å². The van der Waals surface area contributed by atoms with Gasteiger partial charge in [0.2, 0.25) is 0 Å². The number of benzene rings is 1. The van der Waals surface area contributed by atoms with Gasteiger partial charge in [0.05, 0.1) is 12.1 Å². The molecule has 0 aliphatic heterocycles. The molecule has 18 heavy (non-hydrogen) atoms. The third-order valence-electron chi connectivity index (χ3n) is 2.61. The Kier molecular flexibility index (Phi) is 3.03. The lowest BCUT2D eigenvalue weighted by Crippen LogP contribution is -2.18. The number of aromatic hydroxyl groups is 1. The van der Waals surface area contributed by atoms with E-state index in [2.05, 4.69) is 4.98 Å². The van der Waals surface area contributed by atoms with E-state index in [-0.39, 0.29) is 12.0 Å².